The first-order valence-corrected chi connectivity index (χ1v) is 10.6. The Morgan fingerprint density at radius 1 is 0.871 bits per heavy atom. The van der Waals surface area contributed by atoms with Crippen LogP contribution in [0.25, 0.3) is 0 Å². The van der Waals surface area contributed by atoms with Gasteiger partial charge >= 0.3 is 0 Å². The largest absolute Gasteiger partial charge is 0.497 e. The van der Waals surface area contributed by atoms with E-state index in [0.717, 1.165) is 35.8 Å². The van der Waals surface area contributed by atoms with Gasteiger partial charge in [0.05, 0.1) is 26.7 Å². The third-order valence-corrected chi connectivity index (χ3v) is 5.88. The molecule has 2 heterocycles. The third kappa shape index (κ3) is 4.85. The highest BCUT2D eigenvalue weighted by Gasteiger charge is 2.25. The Hall–Kier alpha value is -3.41. The van der Waals surface area contributed by atoms with E-state index in [-0.39, 0.29) is 11.9 Å². The summed E-state index contributed by atoms with van der Waals surface area (Å²) in [6, 6.07) is 20.0. The summed E-state index contributed by atoms with van der Waals surface area (Å²) < 4.78 is 12.8. The minimum atomic E-state index is -0.0611. The fourth-order valence-electron chi connectivity index (χ4n) is 4.12. The molecule has 0 bridgehead atoms. The molecule has 1 aliphatic rings. The van der Waals surface area contributed by atoms with Crippen LogP contribution >= 0.6 is 0 Å². The summed E-state index contributed by atoms with van der Waals surface area (Å²) in [5, 5.41) is 0. The summed E-state index contributed by atoms with van der Waals surface area (Å²) >= 11 is 0. The van der Waals surface area contributed by atoms with E-state index in [4.69, 9.17) is 9.47 Å². The Morgan fingerprint density at radius 2 is 1.52 bits per heavy atom. The maximum atomic E-state index is 13.2. The van der Waals surface area contributed by atoms with Gasteiger partial charge in [-0.2, -0.15) is 0 Å². The van der Waals surface area contributed by atoms with Crippen LogP contribution in [0.2, 0.25) is 0 Å². The number of aromatic nitrogens is 1. The summed E-state index contributed by atoms with van der Waals surface area (Å²) in [5.74, 6) is 1.82. The predicted octanol–water partition coefficient (Wildman–Crippen LogP) is 3.83. The highest BCUT2D eigenvalue weighted by molar-refractivity contribution is 5.77. The van der Waals surface area contributed by atoms with Crippen LogP contribution < -0.4 is 14.4 Å². The monoisotopic (exact) mass is 419 g/mol. The molecule has 1 fully saturated rings. The van der Waals surface area contributed by atoms with Crippen molar-refractivity contribution in [2.45, 2.75) is 12.5 Å². The zero-order valence-electron chi connectivity index (χ0n) is 18.1. The Labute approximate surface area is 183 Å². The van der Waals surface area contributed by atoms with E-state index in [2.05, 4.69) is 21.6 Å². The second-order valence-corrected chi connectivity index (χ2v) is 7.70. The fourth-order valence-corrected chi connectivity index (χ4v) is 4.12. The van der Waals surface area contributed by atoms with Crippen molar-refractivity contribution in [2.24, 2.45) is 0 Å². The van der Waals surface area contributed by atoms with E-state index < -0.39 is 0 Å². The molecule has 0 aliphatic carbocycles. The summed E-state index contributed by atoms with van der Waals surface area (Å²) in [6.07, 6.45) is 4.44. The van der Waals surface area contributed by atoms with Gasteiger partial charge in [-0.25, -0.2) is 0 Å². The summed E-state index contributed by atoms with van der Waals surface area (Å²) in [4.78, 5) is 17.5. The van der Waals surface area contributed by atoms with Crippen molar-refractivity contribution in [3.8, 4) is 11.5 Å². The summed E-state index contributed by atoms with van der Waals surface area (Å²) in [5.41, 5.74) is 2.20. The maximum absolute atomic E-state index is 13.2. The second-order valence-electron chi connectivity index (χ2n) is 7.70. The van der Waals surface area contributed by atoms with Crippen LogP contribution in [0, 0.1) is 0 Å². The van der Waals surface area contributed by atoms with Gasteiger partial charge in [0.2, 0.25) is 5.91 Å². The van der Waals surface area contributed by atoms with E-state index in [1.54, 1.807) is 14.2 Å². The zero-order chi connectivity index (χ0) is 21.6. The first-order chi connectivity index (χ1) is 15.2. The highest BCUT2D eigenvalue weighted by atomic mass is 16.5. The van der Waals surface area contributed by atoms with Crippen molar-refractivity contribution in [3.05, 3.63) is 78.6 Å². The van der Waals surface area contributed by atoms with Crippen molar-refractivity contribution >= 4 is 11.6 Å². The molecule has 0 N–H and O–H groups in total. The highest BCUT2D eigenvalue weighted by Crippen LogP contribution is 2.27. The van der Waals surface area contributed by atoms with Gasteiger partial charge in [0.25, 0.3) is 0 Å². The molecule has 3 aromatic rings. The number of carbonyl (C=O) groups is 1. The SMILES string of the molecule is COc1cccc(C(CC(=O)N2CCN(c3cccc(OC)c3)CC2)n2cccc2)c1. The Morgan fingerprint density at radius 3 is 2.19 bits per heavy atom. The molecule has 1 aliphatic heterocycles. The molecule has 1 amide bonds. The van der Waals surface area contributed by atoms with Crippen molar-refractivity contribution in [3.63, 3.8) is 0 Å². The topological polar surface area (TPSA) is 46.9 Å². The molecule has 162 valence electrons. The molecule has 0 spiro atoms. The molecular formula is C25H29N3O3. The van der Waals surface area contributed by atoms with Gasteiger partial charge < -0.3 is 23.8 Å². The first kappa shape index (κ1) is 20.8. The lowest BCUT2D eigenvalue weighted by atomic mass is 10.0. The number of rotatable bonds is 7. The Balaban J connectivity index is 1.43. The Kier molecular flexibility index (Phi) is 6.46. The van der Waals surface area contributed by atoms with Crippen LogP contribution in [0.1, 0.15) is 18.0 Å². The molecule has 1 atom stereocenters. The average molecular weight is 420 g/mol. The lowest BCUT2D eigenvalue weighted by molar-refractivity contribution is -0.132. The van der Waals surface area contributed by atoms with E-state index in [9.17, 15) is 4.79 Å². The number of benzene rings is 2. The van der Waals surface area contributed by atoms with Crippen molar-refractivity contribution < 1.29 is 14.3 Å². The maximum Gasteiger partial charge on any atom is 0.225 e. The number of hydrogen-bond acceptors (Lipinski definition) is 4. The molecule has 4 rings (SSSR count). The number of amides is 1. The smallest absolute Gasteiger partial charge is 0.225 e. The molecule has 1 unspecified atom stereocenters. The van der Waals surface area contributed by atoms with Gasteiger partial charge in [0, 0.05) is 50.3 Å². The lowest BCUT2D eigenvalue weighted by Crippen LogP contribution is -2.49. The van der Waals surface area contributed by atoms with Gasteiger partial charge in [-0.3, -0.25) is 4.79 Å². The quantitative estimate of drug-likeness (QED) is 0.584. The van der Waals surface area contributed by atoms with Gasteiger partial charge in [-0.1, -0.05) is 18.2 Å². The van der Waals surface area contributed by atoms with Crippen molar-refractivity contribution in [2.75, 3.05) is 45.3 Å². The van der Waals surface area contributed by atoms with E-state index >= 15 is 0 Å². The number of anilines is 1. The minimum absolute atomic E-state index is 0.0611. The Bertz CT molecular complexity index is 995. The van der Waals surface area contributed by atoms with Gasteiger partial charge in [0.1, 0.15) is 11.5 Å². The summed E-state index contributed by atoms with van der Waals surface area (Å²) in [7, 11) is 3.34. The molecule has 1 saturated heterocycles. The molecule has 0 saturated carbocycles. The van der Waals surface area contributed by atoms with Crippen LogP contribution in [0.4, 0.5) is 5.69 Å². The van der Waals surface area contributed by atoms with Crippen molar-refractivity contribution in [1.82, 2.24) is 9.47 Å². The molecule has 0 radical (unpaired) electrons. The molecular weight excluding hydrogens is 390 g/mol. The number of ether oxygens (including phenoxy) is 2. The van der Waals surface area contributed by atoms with E-state index in [0.29, 0.717) is 19.5 Å². The van der Waals surface area contributed by atoms with Crippen LogP contribution in [-0.4, -0.2) is 55.8 Å². The van der Waals surface area contributed by atoms with Gasteiger partial charge in [-0.15, -0.1) is 0 Å². The number of nitrogens with zero attached hydrogens (tertiary/aromatic N) is 3. The molecule has 2 aromatic carbocycles. The zero-order valence-corrected chi connectivity index (χ0v) is 18.1. The third-order valence-electron chi connectivity index (χ3n) is 5.88. The van der Waals surface area contributed by atoms with Crippen LogP contribution in [0.15, 0.2) is 73.1 Å². The normalized spacial score (nSPS) is 14.9. The second kappa shape index (κ2) is 9.60. The predicted molar refractivity (Wildman–Crippen MR) is 122 cm³/mol. The fraction of sp³-hybridized carbons (Fsp3) is 0.320. The van der Waals surface area contributed by atoms with Gasteiger partial charge in [0.15, 0.2) is 0 Å². The van der Waals surface area contributed by atoms with Crippen LogP contribution in [0.5, 0.6) is 11.5 Å². The number of methoxy groups -OCH3 is 2. The molecule has 6 heteroatoms. The van der Waals surface area contributed by atoms with Crippen LogP contribution in [0.3, 0.4) is 0 Å². The molecule has 1 aromatic heterocycles. The average Bonchev–Trinajstić information content (AvgIpc) is 3.37. The standard InChI is InChI=1S/C25H29N3O3/c1-30-22-9-5-7-20(17-22)24(27-11-3-4-12-27)19-25(29)28-15-13-26(14-16-28)21-8-6-10-23(18-21)31-2/h3-12,17-18,24H,13-16,19H2,1-2H3. The van der Waals surface area contributed by atoms with Crippen molar-refractivity contribution in [1.29, 1.82) is 0 Å². The number of carbonyl (C=O) groups excluding carboxylic acids is 1. The minimum Gasteiger partial charge on any atom is -0.497 e. The molecule has 31 heavy (non-hydrogen) atoms. The van der Waals surface area contributed by atoms with Gasteiger partial charge in [-0.05, 0) is 42.0 Å². The number of hydrogen-bond donors (Lipinski definition) is 0. The van der Waals surface area contributed by atoms with Crippen LogP contribution in [-0.2, 0) is 4.79 Å². The first-order valence-electron chi connectivity index (χ1n) is 10.6. The summed E-state index contributed by atoms with van der Waals surface area (Å²) in [6.45, 7) is 3.05. The molecule has 6 nitrogen and oxygen atoms in total. The van der Waals surface area contributed by atoms with E-state index in [1.165, 1.54) is 0 Å². The van der Waals surface area contributed by atoms with E-state index in [1.807, 2.05) is 65.8 Å². The lowest BCUT2D eigenvalue weighted by Gasteiger charge is -2.37. The number of piperazine rings is 1.